The standard InChI is InChI=1S/C15H17N5O2/c1-10-4-5-11(22-10)7-16-14-13-15(18-8-17-14)20(9-19-13)12-3-2-6-21-12/h4-5,8-9,12H,2-3,6-7H2,1H3,(H,16,17,18). The zero-order valence-electron chi connectivity index (χ0n) is 12.3. The molecule has 4 rings (SSSR count). The Balaban J connectivity index is 1.61. The van der Waals surface area contributed by atoms with Gasteiger partial charge in [0.1, 0.15) is 24.1 Å². The van der Waals surface area contributed by atoms with E-state index in [0.29, 0.717) is 12.4 Å². The second-order valence-corrected chi connectivity index (χ2v) is 5.38. The highest BCUT2D eigenvalue weighted by Crippen LogP contribution is 2.27. The van der Waals surface area contributed by atoms with Crippen LogP contribution in [0.2, 0.25) is 0 Å². The number of anilines is 1. The van der Waals surface area contributed by atoms with Crippen LogP contribution < -0.4 is 5.32 Å². The lowest BCUT2D eigenvalue weighted by atomic mass is 10.3. The van der Waals surface area contributed by atoms with Crippen LogP contribution in [0.3, 0.4) is 0 Å². The van der Waals surface area contributed by atoms with Gasteiger partial charge in [0.05, 0.1) is 12.9 Å². The molecule has 7 nitrogen and oxygen atoms in total. The van der Waals surface area contributed by atoms with E-state index < -0.39 is 0 Å². The number of rotatable bonds is 4. The lowest BCUT2D eigenvalue weighted by molar-refractivity contribution is 0.0593. The monoisotopic (exact) mass is 299 g/mol. The van der Waals surface area contributed by atoms with E-state index in [0.717, 1.165) is 42.1 Å². The summed E-state index contributed by atoms with van der Waals surface area (Å²) in [7, 11) is 0. The molecule has 1 unspecified atom stereocenters. The van der Waals surface area contributed by atoms with E-state index in [9.17, 15) is 0 Å². The van der Waals surface area contributed by atoms with E-state index >= 15 is 0 Å². The van der Waals surface area contributed by atoms with Gasteiger partial charge in [-0.1, -0.05) is 0 Å². The highest BCUT2D eigenvalue weighted by molar-refractivity contribution is 5.82. The molecule has 114 valence electrons. The maximum Gasteiger partial charge on any atom is 0.167 e. The molecule has 1 saturated heterocycles. The first-order chi connectivity index (χ1) is 10.8. The van der Waals surface area contributed by atoms with Gasteiger partial charge in [0.15, 0.2) is 17.0 Å². The van der Waals surface area contributed by atoms with Crippen LogP contribution in [0, 0.1) is 6.92 Å². The molecule has 0 saturated carbocycles. The van der Waals surface area contributed by atoms with E-state index in [1.165, 1.54) is 0 Å². The van der Waals surface area contributed by atoms with Crippen LogP contribution in [0.1, 0.15) is 30.6 Å². The summed E-state index contributed by atoms with van der Waals surface area (Å²) in [4.78, 5) is 13.1. The first-order valence-electron chi connectivity index (χ1n) is 7.39. The van der Waals surface area contributed by atoms with Crippen molar-refractivity contribution in [2.24, 2.45) is 0 Å². The lowest BCUT2D eigenvalue weighted by Gasteiger charge is -2.11. The van der Waals surface area contributed by atoms with Crippen molar-refractivity contribution < 1.29 is 9.15 Å². The summed E-state index contributed by atoms with van der Waals surface area (Å²) in [6.07, 6.45) is 5.41. The Morgan fingerprint density at radius 2 is 2.27 bits per heavy atom. The second-order valence-electron chi connectivity index (χ2n) is 5.38. The number of furan rings is 1. The Morgan fingerprint density at radius 1 is 1.32 bits per heavy atom. The summed E-state index contributed by atoms with van der Waals surface area (Å²) >= 11 is 0. The number of fused-ring (bicyclic) bond motifs is 1. The van der Waals surface area contributed by atoms with Gasteiger partial charge in [0, 0.05) is 6.61 Å². The Kier molecular flexibility index (Phi) is 3.27. The molecule has 1 atom stereocenters. The number of ether oxygens (including phenoxy) is 1. The number of hydrogen-bond acceptors (Lipinski definition) is 6. The van der Waals surface area contributed by atoms with E-state index in [1.54, 1.807) is 12.7 Å². The molecule has 0 bridgehead atoms. The minimum Gasteiger partial charge on any atom is -0.465 e. The number of nitrogens with one attached hydrogen (secondary N) is 1. The Hall–Kier alpha value is -2.41. The van der Waals surface area contributed by atoms with Crippen LogP contribution in [-0.2, 0) is 11.3 Å². The van der Waals surface area contributed by atoms with Crippen LogP contribution in [0.15, 0.2) is 29.2 Å². The molecular weight excluding hydrogens is 282 g/mol. The molecule has 0 radical (unpaired) electrons. The Morgan fingerprint density at radius 3 is 3.05 bits per heavy atom. The minimum atomic E-state index is 0.0282. The minimum absolute atomic E-state index is 0.0282. The summed E-state index contributed by atoms with van der Waals surface area (Å²) in [5.74, 6) is 2.46. The van der Waals surface area contributed by atoms with Gasteiger partial charge in [-0.2, -0.15) is 0 Å². The highest BCUT2D eigenvalue weighted by Gasteiger charge is 2.21. The predicted molar refractivity (Wildman–Crippen MR) is 80.3 cm³/mol. The van der Waals surface area contributed by atoms with Crippen molar-refractivity contribution in [1.82, 2.24) is 19.5 Å². The van der Waals surface area contributed by atoms with Gasteiger partial charge in [-0.3, -0.25) is 4.57 Å². The molecule has 0 amide bonds. The predicted octanol–water partition coefficient (Wildman–Crippen LogP) is 2.65. The quantitative estimate of drug-likeness (QED) is 0.798. The van der Waals surface area contributed by atoms with Crippen molar-refractivity contribution in [2.45, 2.75) is 32.5 Å². The zero-order valence-corrected chi connectivity index (χ0v) is 12.3. The summed E-state index contributed by atoms with van der Waals surface area (Å²) in [5, 5.41) is 3.26. The van der Waals surface area contributed by atoms with E-state index in [4.69, 9.17) is 9.15 Å². The molecule has 1 fully saturated rings. The third-order valence-electron chi connectivity index (χ3n) is 3.80. The lowest BCUT2D eigenvalue weighted by Crippen LogP contribution is -2.07. The number of aromatic nitrogens is 4. The largest absolute Gasteiger partial charge is 0.465 e. The van der Waals surface area contributed by atoms with Gasteiger partial charge < -0.3 is 14.5 Å². The molecule has 1 aliphatic rings. The van der Waals surface area contributed by atoms with Crippen LogP contribution in [0.25, 0.3) is 11.2 Å². The van der Waals surface area contributed by atoms with Crippen LogP contribution in [0.4, 0.5) is 5.82 Å². The molecule has 22 heavy (non-hydrogen) atoms. The summed E-state index contributed by atoms with van der Waals surface area (Å²) in [6.45, 7) is 3.28. The summed E-state index contributed by atoms with van der Waals surface area (Å²) < 4.78 is 13.2. The molecule has 0 aliphatic carbocycles. The topological polar surface area (TPSA) is 78.0 Å². The number of hydrogen-bond donors (Lipinski definition) is 1. The summed E-state index contributed by atoms with van der Waals surface area (Å²) in [5.41, 5.74) is 1.54. The van der Waals surface area contributed by atoms with Gasteiger partial charge in [-0.05, 0) is 31.9 Å². The smallest absolute Gasteiger partial charge is 0.167 e. The average molecular weight is 299 g/mol. The molecule has 3 aromatic heterocycles. The molecule has 7 heteroatoms. The SMILES string of the molecule is Cc1ccc(CNc2ncnc3c2ncn3C2CCCO2)o1. The molecule has 3 aromatic rings. The van der Waals surface area contributed by atoms with Crippen LogP contribution in [0.5, 0.6) is 0 Å². The Bertz CT molecular complexity index is 788. The number of aryl methyl sites for hydroxylation is 1. The van der Waals surface area contributed by atoms with E-state index in [1.807, 2.05) is 23.6 Å². The number of nitrogens with zero attached hydrogens (tertiary/aromatic N) is 4. The van der Waals surface area contributed by atoms with E-state index in [2.05, 4.69) is 20.3 Å². The van der Waals surface area contributed by atoms with Crippen molar-refractivity contribution in [1.29, 1.82) is 0 Å². The summed E-state index contributed by atoms with van der Waals surface area (Å²) in [6, 6.07) is 3.89. The molecule has 1 aliphatic heterocycles. The number of imidazole rings is 1. The van der Waals surface area contributed by atoms with Gasteiger partial charge in [0.2, 0.25) is 0 Å². The molecule has 4 heterocycles. The van der Waals surface area contributed by atoms with Gasteiger partial charge in [0.25, 0.3) is 0 Å². The molecule has 1 N–H and O–H groups in total. The highest BCUT2D eigenvalue weighted by atomic mass is 16.5. The normalized spacial score (nSPS) is 18.1. The fourth-order valence-electron chi connectivity index (χ4n) is 2.72. The Labute approximate surface area is 127 Å². The van der Waals surface area contributed by atoms with E-state index in [-0.39, 0.29) is 6.23 Å². The van der Waals surface area contributed by atoms with Gasteiger partial charge >= 0.3 is 0 Å². The molecule has 0 aromatic carbocycles. The maximum absolute atomic E-state index is 5.70. The maximum atomic E-state index is 5.70. The van der Waals surface area contributed by atoms with Crippen molar-refractivity contribution in [2.75, 3.05) is 11.9 Å². The molecule has 0 spiro atoms. The van der Waals surface area contributed by atoms with Crippen molar-refractivity contribution in [3.05, 3.63) is 36.3 Å². The van der Waals surface area contributed by atoms with Gasteiger partial charge in [-0.25, -0.2) is 15.0 Å². The first kappa shape index (κ1) is 13.3. The fraction of sp³-hybridized carbons (Fsp3) is 0.400. The fourth-order valence-corrected chi connectivity index (χ4v) is 2.72. The van der Waals surface area contributed by atoms with Crippen molar-refractivity contribution in [3.8, 4) is 0 Å². The van der Waals surface area contributed by atoms with Gasteiger partial charge in [-0.15, -0.1) is 0 Å². The van der Waals surface area contributed by atoms with Crippen LogP contribution in [-0.4, -0.2) is 26.1 Å². The molecular formula is C15H17N5O2. The third-order valence-corrected chi connectivity index (χ3v) is 3.80. The third kappa shape index (κ3) is 2.33. The zero-order chi connectivity index (χ0) is 14.9. The van der Waals surface area contributed by atoms with Crippen molar-refractivity contribution >= 4 is 17.0 Å². The van der Waals surface area contributed by atoms with Crippen molar-refractivity contribution in [3.63, 3.8) is 0 Å². The first-order valence-corrected chi connectivity index (χ1v) is 7.39. The average Bonchev–Trinajstić information content (AvgIpc) is 3.24. The second kappa shape index (κ2) is 5.42. The van der Waals surface area contributed by atoms with Crippen LogP contribution >= 0.6 is 0 Å².